The molecule has 0 aliphatic rings. The Morgan fingerprint density at radius 2 is 1.84 bits per heavy atom. The van der Waals surface area contributed by atoms with Crippen molar-refractivity contribution in [1.29, 1.82) is 0 Å². The fraction of sp³-hybridized carbons (Fsp3) is 0.286. The van der Waals surface area contributed by atoms with Gasteiger partial charge in [0.2, 0.25) is 0 Å². The van der Waals surface area contributed by atoms with Gasteiger partial charge < -0.3 is 5.32 Å². The Morgan fingerprint density at radius 3 is 2.37 bits per heavy atom. The maximum atomic E-state index is 13.1. The number of halogens is 3. The lowest BCUT2D eigenvalue weighted by atomic mass is 10.0. The molecule has 0 fully saturated rings. The molecule has 0 saturated heterocycles. The van der Waals surface area contributed by atoms with Gasteiger partial charge in [-0.1, -0.05) is 0 Å². The second-order valence-corrected chi connectivity index (χ2v) is 6.31. The average molecular weight is 346 g/mol. The smallest absolute Gasteiger partial charge is 0.126 e. The minimum atomic E-state index is -0.524. The van der Waals surface area contributed by atoms with Gasteiger partial charge in [-0.2, -0.15) is 0 Å². The van der Waals surface area contributed by atoms with Crippen LogP contribution in [0.4, 0.5) is 8.78 Å². The first-order valence-corrected chi connectivity index (χ1v) is 7.59. The predicted molar refractivity (Wildman–Crippen MR) is 78.6 cm³/mol. The van der Waals surface area contributed by atoms with E-state index in [4.69, 9.17) is 0 Å². The second kappa shape index (κ2) is 6.59. The lowest BCUT2D eigenvalue weighted by Gasteiger charge is -2.15. The number of nitrogens with one attached hydrogen (secondary N) is 1. The summed E-state index contributed by atoms with van der Waals surface area (Å²) >= 11 is 5.10. The van der Waals surface area contributed by atoms with Gasteiger partial charge in [-0.3, -0.25) is 0 Å². The summed E-state index contributed by atoms with van der Waals surface area (Å²) in [4.78, 5) is 1.24. The average Bonchev–Trinajstić information content (AvgIpc) is 2.72. The van der Waals surface area contributed by atoms with Crippen LogP contribution in [-0.4, -0.2) is 13.1 Å². The molecule has 1 N–H and O–H groups in total. The van der Waals surface area contributed by atoms with Crippen LogP contribution < -0.4 is 5.32 Å². The molecule has 1 heterocycles. The summed E-state index contributed by atoms with van der Waals surface area (Å²) in [5, 5.41) is 5.23. The molecule has 1 nitrogen and oxygen atoms in total. The van der Waals surface area contributed by atoms with E-state index in [0.29, 0.717) is 12.0 Å². The highest BCUT2D eigenvalue weighted by atomic mass is 79.9. The summed E-state index contributed by atoms with van der Waals surface area (Å²) in [5.74, 6) is -1.05. The molecule has 0 bridgehead atoms. The molecule has 1 aromatic carbocycles. The van der Waals surface area contributed by atoms with Crippen LogP contribution in [0.15, 0.2) is 34.1 Å². The summed E-state index contributed by atoms with van der Waals surface area (Å²) in [5.41, 5.74) is 0.674. The fourth-order valence-corrected chi connectivity index (χ4v) is 3.53. The highest BCUT2D eigenvalue weighted by Crippen LogP contribution is 2.22. The Labute approximate surface area is 123 Å². The second-order valence-electron chi connectivity index (χ2n) is 4.40. The third-order valence-corrected chi connectivity index (χ3v) is 4.60. The first-order chi connectivity index (χ1) is 9.06. The maximum absolute atomic E-state index is 13.1. The van der Waals surface area contributed by atoms with Gasteiger partial charge in [0, 0.05) is 26.8 Å². The van der Waals surface area contributed by atoms with E-state index in [-0.39, 0.29) is 6.04 Å². The molecule has 2 aromatic rings. The van der Waals surface area contributed by atoms with E-state index in [1.807, 2.05) is 12.4 Å². The summed E-state index contributed by atoms with van der Waals surface area (Å²) in [6, 6.07) is 5.90. The Morgan fingerprint density at radius 1 is 1.16 bits per heavy atom. The quantitative estimate of drug-likeness (QED) is 0.857. The van der Waals surface area contributed by atoms with Crippen molar-refractivity contribution in [3.63, 3.8) is 0 Å². The van der Waals surface area contributed by atoms with Crippen LogP contribution in [0.5, 0.6) is 0 Å². The molecule has 19 heavy (non-hydrogen) atoms. The number of thiophene rings is 1. The highest BCUT2D eigenvalue weighted by Gasteiger charge is 2.11. The topological polar surface area (TPSA) is 12.0 Å². The van der Waals surface area contributed by atoms with Crippen molar-refractivity contribution in [2.45, 2.75) is 18.9 Å². The number of rotatable bonds is 5. The molecule has 2 rings (SSSR count). The Kier molecular flexibility index (Phi) is 5.07. The van der Waals surface area contributed by atoms with Gasteiger partial charge in [0.15, 0.2) is 0 Å². The first kappa shape index (κ1) is 14.6. The van der Waals surface area contributed by atoms with E-state index in [9.17, 15) is 8.78 Å². The SMILES string of the molecule is CNC(Cc1cc(F)cc(F)c1)Cc1cc(Br)cs1. The Balaban J connectivity index is 2.06. The monoisotopic (exact) mass is 345 g/mol. The molecule has 5 heteroatoms. The lowest BCUT2D eigenvalue weighted by molar-refractivity contribution is 0.546. The Bertz CT molecular complexity index is 536. The van der Waals surface area contributed by atoms with E-state index in [2.05, 4.69) is 27.3 Å². The van der Waals surface area contributed by atoms with Gasteiger partial charge in [0.05, 0.1) is 0 Å². The molecule has 0 saturated carbocycles. The van der Waals surface area contributed by atoms with Crippen LogP contribution in [0.3, 0.4) is 0 Å². The standard InChI is InChI=1S/C14H14BrF2NS/c1-18-13(7-14-5-10(15)8-19-14)4-9-2-11(16)6-12(17)3-9/h2-3,5-6,8,13,18H,4,7H2,1H3. The van der Waals surface area contributed by atoms with Crippen molar-refractivity contribution in [3.05, 3.63) is 56.2 Å². The van der Waals surface area contributed by atoms with Crippen LogP contribution >= 0.6 is 27.3 Å². The molecule has 1 unspecified atom stereocenters. The molecular formula is C14H14BrF2NS. The van der Waals surface area contributed by atoms with Gasteiger partial charge in [-0.15, -0.1) is 11.3 Å². The molecule has 0 aliphatic carbocycles. The van der Waals surface area contributed by atoms with Gasteiger partial charge >= 0.3 is 0 Å². The van der Waals surface area contributed by atoms with Crippen molar-refractivity contribution in [1.82, 2.24) is 5.32 Å². The number of likely N-dealkylation sites (N-methyl/N-ethyl adjacent to an activating group) is 1. The van der Waals surface area contributed by atoms with Crippen molar-refractivity contribution < 1.29 is 8.78 Å². The molecule has 102 valence electrons. The summed E-state index contributed by atoms with van der Waals surface area (Å²) in [7, 11) is 1.86. The molecule has 0 aliphatic heterocycles. The van der Waals surface area contributed by atoms with Gasteiger partial charge in [-0.05, 0) is 59.6 Å². The minimum absolute atomic E-state index is 0.159. The van der Waals surface area contributed by atoms with E-state index >= 15 is 0 Å². The van der Waals surface area contributed by atoms with E-state index < -0.39 is 11.6 Å². The molecule has 1 atom stereocenters. The molecular weight excluding hydrogens is 332 g/mol. The lowest BCUT2D eigenvalue weighted by Crippen LogP contribution is -2.29. The van der Waals surface area contributed by atoms with Crippen LogP contribution in [0.2, 0.25) is 0 Å². The van der Waals surface area contributed by atoms with Crippen LogP contribution in [0, 0.1) is 11.6 Å². The van der Waals surface area contributed by atoms with Crippen molar-refractivity contribution in [2.75, 3.05) is 7.05 Å². The zero-order valence-electron chi connectivity index (χ0n) is 10.4. The number of hydrogen-bond acceptors (Lipinski definition) is 2. The van der Waals surface area contributed by atoms with Gasteiger partial charge in [-0.25, -0.2) is 8.78 Å². The largest absolute Gasteiger partial charge is 0.316 e. The number of hydrogen-bond donors (Lipinski definition) is 1. The summed E-state index contributed by atoms with van der Waals surface area (Å²) in [6.07, 6.45) is 1.44. The molecule has 0 amide bonds. The summed E-state index contributed by atoms with van der Waals surface area (Å²) < 4.78 is 27.4. The normalized spacial score (nSPS) is 12.6. The maximum Gasteiger partial charge on any atom is 0.126 e. The third kappa shape index (κ3) is 4.37. The van der Waals surface area contributed by atoms with Gasteiger partial charge in [0.1, 0.15) is 11.6 Å². The third-order valence-electron chi connectivity index (χ3n) is 2.88. The molecule has 1 aromatic heterocycles. The first-order valence-electron chi connectivity index (χ1n) is 5.92. The van der Waals surface area contributed by atoms with Crippen molar-refractivity contribution in [2.24, 2.45) is 0 Å². The van der Waals surface area contributed by atoms with E-state index in [1.54, 1.807) is 11.3 Å². The van der Waals surface area contributed by atoms with Gasteiger partial charge in [0.25, 0.3) is 0 Å². The summed E-state index contributed by atoms with van der Waals surface area (Å²) in [6.45, 7) is 0. The predicted octanol–water partition coefficient (Wildman–Crippen LogP) is 4.16. The van der Waals surface area contributed by atoms with E-state index in [0.717, 1.165) is 17.0 Å². The zero-order valence-corrected chi connectivity index (χ0v) is 12.8. The highest BCUT2D eigenvalue weighted by molar-refractivity contribution is 9.10. The molecule has 0 radical (unpaired) electrons. The van der Waals surface area contributed by atoms with Crippen LogP contribution in [0.1, 0.15) is 10.4 Å². The van der Waals surface area contributed by atoms with Crippen molar-refractivity contribution in [3.8, 4) is 0 Å². The van der Waals surface area contributed by atoms with Crippen molar-refractivity contribution >= 4 is 27.3 Å². The van der Waals surface area contributed by atoms with E-state index in [1.165, 1.54) is 17.0 Å². The Hall–Kier alpha value is -0.780. The number of benzene rings is 1. The molecule has 0 spiro atoms. The van der Waals surface area contributed by atoms with Crippen LogP contribution in [-0.2, 0) is 12.8 Å². The fourth-order valence-electron chi connectivity index (χ4n) is 1.99. The zero-order chi connectivity index (χ0) is 13.8. The van der Waals surface area contributed by atoms with Crippen LogP contribution in [0.25, 0.3) is 0 Å². The minimum Gasteiger partial charge on any atom is -0.316 e.